The van der Waals surface area contributed by atoms with Gasteiger partial charge in [-0.05, 0) is 110 Å². The van der Waals surface area contributed by atoms with Gasteiger partial charge in [0.05, 0.1) is 21.5 Å². The smallest absolute Gasteiger partial charge is 0.261 e. The molecule has 0 saturated carbocycles. The maximum absolute atomic E-state index is 14.6. The highest BCUT2D eigenvalue weighted by atomic mass is 28.3. The molecule has 2 heterocycles. The Bertz CT molecular complexity index is 4350. The second kappa shape index (κ2) is 27.9. The van der Waals surface area contributed by atoms with Crippen LogP contribution in [0.25, 0.3) is 64.6 Å². The van der Waals surface area contributed by atoms with Crippen molar-refractivity contribution in [1.82, 2.24) is 9.13 Å². The van der Waals surface area contributed by atoms with Crippen LogP contribution in [0.3, 0.4) is 0 Å². The third-order valence-electron chi connectivity index (χ3n) is 19.8. The van der Waals surface area contributed by atoms with Crippen LogP contribution in [0.2, 0.25) is 33.2 Å². The zero-order valence-corrected chi connectivity index (χ0v) is 57.1. The van der Waals surface area contributed by atoms with Gasteiger partial charge in [0.1, 0.15) is 16.1 Å². The molecule has 88 heavy (non-hydrogen) atoms. The van der Waals surface area contributed by atoms with Gasteiger partial charge in [0.25, 0.3) is 22.2 Å². The summed E-state index contributed by atoms with van der Waals surface area (Å²) in [6, 6.07) is 32.5. The molecule has 454 valence electrons. The minimum atomic E-state index is -2.37. The maximum Gasteiger partial charge on any atom is 0.261 e. The molecule has 0 atom stereocenters. The van der Waals surface area contributed by atoms with Crippen LogP contribution in [0.15, 0.2) is 116 Å². The number of aromatic nitrogens is 2. The van der Waals surface area contributed by atoms with Crippen LogP contribution < -0.4 is 22.2 Å². The average Bonchev–Trinajstić information content (AvgIpc) is 1.38. The molecule has 2 aromatic heterocycles. The molecule has 0 spiro atoms. The van der Waals surface area contributed by atoms with Crippen LogP contribution in [0, 0.1) is 46.6 Å². The van der Waals surface area contributed by atoms with E-state index in [0.717, 1.165) is 108 Å². The number of nitrogens with zero attached hydrogens (tertiary/aromatic N) is 2. The Kier molecular flexibility index (Phi) is 20.6. The van der Waals surface area contributed by atoms with Gasteiger partial charge >= 0.3 is 0 Å². The Morgan fingerprint density at radius 2 is 0.580 bits per heavy atom. The predicted octanol–water partition coefficient (Wildman–Crippen LogP) is 19.2. The zero-order chi connectivity index (χ0) is 63.2. The van der Waals surface area contributed by atoms with Crippen molar-refractivity contribution in [2.75, 3.05) is 0 Å². The molecule has 6 nitrogen and oxygen atoms in total. The van der Waals surface area contributed by atoms with Crippen LogP contribution in [-0.2, 0) is 13.1 Å². The summed E-state index contributed by atoms with van der Waals surface area (Å²) in [5, 5.41) is 8.43. The van der Waals surface area contributed by atoms with E-state index in [-0.39, 0.29) is 22.2 Å². The summed E-state index contributed by atoms with van der Waals surface area (Å²) < 4.78 is 2.83. The number of rotatable bonds is 20. The maximum atomic E-state index is 14.6. The molecule has 0 unspecified atom stereocenters. The number of fused-ring (bicyclic) bond motifs is 6. The first-order valence-corrected chi connectivity index (χ1v) is 37.7. The lowest BCUT2D eigenvalue weighted by Crippen LogP contribution is -2.43. The first-order chi connectivity index (χ1) is 42.2. The average molecular weight is 1200 g/mol. The zero-order valence-electron chi connectivity index (χ0n) is 55.1. The minimum Gasteiger partial charge on any atom is -0.274 e. The predicted molar refractivity (Wildman–Crippen MR) is 382 cm³/mol. The fourth-order valence-electron chi connectivity index (χ4n) is 15.1. The molecule has 8 heteroatoms. The summed E-state index contributed by atoms with van der Waals surface area (Å²) in [5.41, 5.74) is 14.1. The summed E-state index contributed by atoms with van der Waals surface area (Å²) in [6.07, 6.45) is 12.3. The van der Waals surface area contributed by atoms with Crippen LogP contribution in [-0.4, -0.2) is 25.3 Å². The van der Waals surface area contributed by atoms with E-state index in [4.69, 9.17) is 0 Å². The third-order valence-corrected chi connectivity index (χ3v) is 32.3. The highest BCUT2D eigenvalue weighted by molar-refractivity contribution is 6.91. The van der Waals surface area contributed by atoms with Crippen LogP contribution in [0.5, 0.6) is 0 Å². The van der Waals surface area contributed by atoms with Crippen molar-refractivity contribution in [3.05, 3.63) is 172 Å². The van der Waals surface area contributed by atoms with Gasteiger partial charge < -0.3 is 0 Å². The molecule has 7 aromatic carbocycles. The Labute approximate surface area is 525 Å². The summed E-state index contributed by atoms with van der Waals surface area (Å²) in [5.74, 6) is 22.0. The summed E-state index contributed by atoms with van der Waals surface area (Å²) in [7, 11) is -4.42. The van der Waals surface area contributed by atoms with Crippen molar-refractivity contribution in [3.63, 3.8) is 0 Å². The Hall–Kier alpha value is -7.47. The fraction of sp³-hybridized carbons (Fsp3) is 0.425. The number of benzene rings is 7. The van der Waals surface area contributed by atoms with E-state index in [1.807, 2.05) is 48.5 Å². The van der Waals surface area contributed by atoms with E-state index in [2.05, 4.69) is 192 Å². The second-order valence-electron chi connectivity index (χ2n) is 26.9. The third kappa shape index (κ3) is 12.5. The van der Waals surface area contributed by atoms with Crippen molar-refractivity contribution in [2.45, 2.75) is 220 Å². The van der Waals surface area contributed by atoms with Gasteiger partial charge in [0.2, 0.25) is 0 Å². The monoisotopic (exact) mass is 1200 g/mol. The van der Waals surface area contributed by atoms with Gasteiger partial charge in [-0.1, -0.05) is 251 Å². The van der Waals surface area contributed by atoms with E-state index in [1.54, 1.807) is 0 Å². The summed E-state index contributed by atoms with van der Waals surface area (Å²) >= 11 is 0. The normalized spacial score (nSPS) is 12.1. The molecule has 0 aliphatic heterocycles. The first kappa shape index (κ1) is 65.0. The van der Waals surface area contributed by atoms with E-state index in [1.165, 1.54) is 22.0 Å². The lowest BCUT2D eigenvalue weighted by Gasteiger charge is -2.38. The molecule has 0 fully saturated rings. The molecule has 0 aliphatic rings. The quantitative estimate of drug-likeness (QED) is 0.0330. The van der Waals surface area contributed by atoms with Crippen molar-refractivity contribution >= 4 is 80.8 Å². The first-order valence-electron chi connectivity index (χ1n) is 33.2. The van der Waals surface area contributed by atoms with Crippen LogP contribution >= 0.6 is 0 Å². The molecule has 9 aromatic rings. The molecule has 0 bridgehead atoms. The fourth-order valence-corrected chi connectivity index (χ4v) is 25.5. The molecule has 0 N–H and O–H groups in total. The molecule has 0 amide bonds. The minimum absolute atomic E-state index is 0.302. The van der Waals surface area contributed by atoms with Crippen molar-refractivity contribution in [1.29, 1.82) is 0 Å². The molecular formula is C80H92N2O4Si2. The standard InChI is InChI=1S/C80H92N2O4Si2/c1-15-17-19-21-23-29-44-81-77(83)73-49-69-66(41-39-60-33-31-32-59(48-60)38-40-65-61-34-25-27-36-63(61)67(64-37-28-26-35-62(64)65)42-46-87(53(3)4,54(5)6)55(7)8)70-50-74-76(80(86)82(78(74)84)45-30-24-22-20-18-16-2)52-72(70)68(71(69)51-75(73)79(81)85)43-47-88(56(9)10,57(11)12)58(13)14/h25-28,31-37,48-58H,15-24,29-30,44-45H2,1-14H3. The van der Waals surface area contributed by atoms with Gasteiger partial charge in [-0.25, -0.2) is 0 Å². The second-order valence-corrected chi connectivity index (χ2v) is 38.1. The van der Waals surface area contributed by atoms with E-state index >= 15 is 0 Å². The summed E-state index contributed by atoms with van der Waals surface area (Å²) in [6.45, 7) is 33.0. The van der Waals surface area contributed by atoms with E-state index < -0.39 is 16.1 Å². The van der Waals surface area contributed by atoms with Crippen molar-refractivity contribution in [3.8, 4) is 46.6 Å². The SMILES string of the molecule is CCCCCCCCn1c(=O)c2cc3c(C#Cc4cccc(C#Cc5c6ccccc6c(C#C[Si](C(C)C)(C(C)C)C(C)C)c6ccccc56)c4)c4cc5c(=O)n(CCCCCCCC)c(=O)c5cc4c(C#C[Si](C(C)C)(C(C)C)C(C)C)c3cc2c1=O. The van der Waals surface area contributed by atoms with Crippen LogP contribution in [0.1, 0.15) is 207 Å². The topological polar surface area (TPSA) is 78.1 Å². The molecule has 0 radical (unpaired) electrons. The highest BCUT2D eigenvalue weighted by Gasteiger charge is 2.43. The van der Waals surface area contributed by atoms with Gasteiger partial charge in [-0.3, -0.25) is 28.3 Å². The molecule has 0 saturated heterocycles. The lowest BCUT2D eigenvalue weighted by molar-refractivity contribution is 0.547. The Morgan fingerprint density at radius 1 is 0.307 bits per heavy atom. The van der Waals surface area contributed by atoms with Gasteiger partial charge in [-0.2, -0.15) is 0 Å². The van der Waals surface area contributed by atoms with E-state index in [9.17, 15) is 19.2 Å². The van der Waals surface area contributed by atoms with E-state index in [0.29, 0.717) is 101 Å². The van der Waals surface area contributed by atoms with Gasteiger partial charge in [0.15, 0.2) is 0 Å². The Morgan fingerprint density at radius 3 is 0.886 bits per heavy atom. The van der Waals surface area contributed by atoms with Gasteiger partial charge in [0, 0.05) is 68.0 Å². The van der Waals surface area contributed by atoms with Crippen LogP contribution in [0.4, 0.5) is 0 Å². The van der Waals surface area contributed by atoms with Crippen molar-refractivity contribution < 1.29 is 0 Å². The highest BCUT2D eigenvalue weighted by Crippen LogP contribution is 2.44. The van der Waals surface area contributed by atoms with Crippen molar-refractivity contribution in [2.24, 2.45) is 0 Å². The summed E-state index contributed by atoms with van der Waals surface area (Å²) in [4.78, 5) is 58.4. The number of hydrogen-bond acceptors (Lipinski definition) is 4. The Balaban J connectivity index is 1.27. The molecular weight excluding hydrogens is 1110 g/mol. The van der Waals surface area contributed by atoms with Gasteiger partial charge in [-0.15, -0.1) is 11.1 Å². The number of unbranched alkanes of at least 4 members (excludes halogenated alkanes) is 10. The number of hydrogen-bond donors (Lipinski definition) is 0. The molecule has 0 aliphatic carbocycles. The molecule has 9 rings (SSSR count). The largest absolute Gasteiger partial charge is 0.274 e. The lowest BCUT2D eigenvalue weighted by atomic mass is 9.89.